The minimum absolute atomic E-state index is 0.0199. The van der Waals surface area contributed by atoms with Crippen molar-refractivity contribution in [3.63, 3.8) is 0 Å². The Kier molecular flexibility index (Phi) is 8.89. The maximum atomic E-state index is 5.49. The summed E-state index contributed by atoms with van der Waals surface area (Å²) in [5, 5.41) is 3.76. The molecule has 2 nitrogen and oxygen atoms in total. The quantitative estimate of drug-likeness (QED) is 0.622. The summed E-state index contributed by atoms with van der Waals surface area (Å²) < 4.78 is 5.49. The second kappa shape index (κ2) is 8.93. The number of nitrogens with one attached hydrogen (secondary N) is 1. The van der Waals surface area contributed by atoms with E-state index in [0.717, 1.165) is 6.42 Å². The van der Waals surface area contributed by atoms with Gasteiger partial charge in [-0.1, -0.05) is 33.1 Å². The molecule has 0 rings (SSSR count). The number of ether oxygens (including phenoxy) is 1. The molecule has 0 aromatic rings. The zero-order valence-electron chi connectivity index (χ0n) is 12.8. The fourth-order valence-corrected chi connectivity index (χ4v) is 2.39. The minimum Gasteiger partial charge on any atom is -0.379 e. The fraction of sp³-hybridized carbons (Fsp3) is 1.00. The van der Waals surface area contributed by atoms with Gasteiger partial charge in [-0.15, -0.1) is 0 Å². The smallest absolute Gasteiger partial charge is 0.0637 e. The predicted octanol–water partition coefficient (Wildman–Crippen LogP) is 4.14. The zero-order valence-corrected chi connectivity index (χ0v) is 12.8. The van der Waals surface area contributed by atoms with Gasteiger partial charge in [0.1, 0.15) is 0 Å². The first-order valence-corrected chi connectivity index (χ1v) is 7.26. The standard InChI is InChI=1S/C15H33NO/c1-7-9-11-14(10-8-2)16-13(3)12-15(4,5)17-6/h13-14,16H,7-12H2,1-6H3. The maximum absolute atomic E-state index is 5.49. The Hall–Kier alpha value is -0.0800. The Morgan fingerprint density at radius 1 is 1.12 bits per heavy atom. The van der Waals surface area contributed by atoms with Crippen LogP contribution in [-0.4, -0.2) is 24.8 Å². The first-order valence-electron chi connectivity index (χ1n) is 7.26. The molecule has 0 amide bonds. The highest BCUT2D eigenvalue weighted by molar-refractivity contribution is 4.78. The van der Waals surface area contributed by atoms with Crippen molar-refractivity contribution in [2.75, 3.05) is 7.11 Å². The van der Waals surface area contributed by atoms with Gasteiger partial charge in [0.2, 0.25) is 0 Å². The van der Waals surface area contributed by atoms with Gasteiger partial charge >= 0.3 is 0 Å². The van der Waals surface area contributed by atoms with Gasteiger partial charge in [-0.3, -0.25) is 0 Å². The molecule has 1 N–H and O–H groups in total. The Labute approximate surface area is 109 Å². The van der Waals surface area contributed by atoms with Crippen molar-refractivity contribution in [3.05, 3.63) is 0 Å². The monoisotopic (exact) mass is 243 g/mol. The molecule has 2 unspecified atom stereocenters. The average Bonchev–Trinajstić information content (AvgIpc) is 2.25. The number of unbranched alkanes of at least 4 members (excludes halogenated alkanes) is 1. The van der Waals surface area contributed by atoms with Crippen molar-refractivity contribution < 1.29 is 4.74 Å². The molecule has 0 bridgehead atoms. The third-order valence-electron chi connectivity index (χ3n) is 3.41. The summed E-state index contributed by atoms with van der Waals surface area (Å²) in [6.07, 6.45) is 7.55. The summed E-state index contributed by atoms with van der Waals surface area (Å²) in [5.41, 5.74) is -0.0199. The second-order valence-electron chi connectivity index (χ2n) is 5.86. The summed E-state index contributed by atoms with van der Waals surface area (Å²) in [6, 6.07) is 1.21. The Morgan fingerprint density at radius 2 is 1.76 bits per heavy atom. The second-order valence-corrected chi connectivity index (χ2v) is 5.86. The van der Waals surface area contributed by atoms with E-state index in [4.69, 9.17) is 4.74 Å². The first kappa shape index (κ1) is 16.9. The van der Waals surface area contributed by atoms with Crippen LogP contribution in [0.2, 0.25) is 0 Å². The molecule has 0 aliphatic carbocycles. The van der Waals surface area contributed by atoms with Crippen LogP contribution in [0.3, 0.4) is 0 Å². The molecular formula is C15H33NO. The summed E-state index contributed by atoms with van der Waals surface area (Å²) in [5.74, 6) is 0. The van der Waals surface area contributed by atoms with E-state index in [9.17, 15) is 0 Å². The van der Waals surface area contributed by atoms with Gasteiger partial charge in [0, 0.05) is 19.2 Å². The molecule has 0 aliphatic heterocycles. The van der Waals surface area contributed by atoms with E-state index >= 15 is 0 Å². The van der Waals surface area contributed by atoms with Gasteiger partial charge in [-0.25, -0.2) is 0 Å². The zero-order chi connectivity index (χ0) is 13.3. The van der Waals surface area contributed by atoms with Crippen LogP contribution in [0, 0.1) is 0 Å². The number of hydrogen-bond acceptors (Lipinski definition) is 2. The van der Waals surface area contributed by atoms with E-state index in [0.29, 0.717) is 12.1 Å². The van der Waals surface area contributed by atoms with E-state index in [1.165, 1.54) is 32.1 Å². The van der Waals surface area contributed by atoms with E-state index < -0.39 is 0 Å². The Morgan fingerprint density at radius 3 is 2.24 bits per heavy atom. The molecule has 0 aromatic carbocycles. The Bertz CT molecular complexity index is 180. The maximum Gasteiger partial charge on any atom is 0.0637 e. The minimum atomic E-state index is -0.0199. The average molecular weight is 243 g/mol. The van der Waals surface area contributed by atoms with Crippen LogP contribution in [0.1, 0.15) is 73.1 Å². The lowest BCUT2D eigenvalue weighted by Crippen LogP contribution is -2.41. The molecule has 0 saturated heterocycles. The van der Waals surface area contributed by atoms with Gasteiger partial charge in [-0.05, 0) is 40.0 Å². The lowest BCUT2D eigenvalue weighted by atomic mass is 9.97. The third kappa shape index (κ3) is 8.62. The summed E-state index contributed by atoms with van der Waals surface area (Å²) >= 11 is 0. The van der Waals surface area contributed by atoms with E-state index in [1.54, 1.807) is 7.11 Å². The van der Waals surface area contributed by atoms with Crippen molar-refractivity contribution in [3.8, 4) is 0 Å². The van der Waals surface area contributed by atoms with Gasteiger partial charge in [0.15, 0.2) is 0 Å². The highest BCUT2D eigenvalue weighted by Crippen LogP contribution is 2.17. The topological polar surface area (TPSA) is 21.3 Å². The third-order valence-corrected chi connectivity index (χ3v) is 3.41. The molecule has 0 spiro atoms. The molecule has 104 valence electrons. The van der Waals surface area contributed by atoms with Gasteiger partial charge in [-0.2, -0.15) is 0 Å². The largest absolute Gasteiger partial charge is 0.379 e. The van der Waals surface area contributed by atoms with Crippen LogP contribution in [0.4, 0.5) is 0 Å². The molecule has 2 atom stereocenters. The molecule has 0 fully saturated rings. The van der Waals surface area contributed by atoms with Crippen LogP contribution >= 0.6 is 0 Å². The van der Waals surface area contributed by atoms with Gasteiger partial charge in [0.25, 0.3) is 0 Å². The molecule has 0 aromatic heterocycles. The number of hydrogen-bond donors (Lipinski definition) is 1. The lowest BCUT2D eigenvalue weighted by Gasteiger charge is -2.30. The molecule has 2 heteroatoms. The Balaban J connectivity index is 4.05. The van der Waals surface area contributed by atoms with Gasteiger partial charge < -0.3 is 10.1 Å². The first-order chi connectivity index (χ1) is 7.95. The summed E-state index contributed by atoms with van der Waals surface area (Å²) in [7, 11) is 1.80. The normalized spacial score (nSPS) is 15.9. The van der Waals surface area contributed by atoms with E-state index in [1.807, 2.05) is 0 Å². The lowest BCUT2D eigenvalue weighted by molar-refractivity contribution is 0.00748. The van der Waals surface area contributed by atoms with Crippen molar-refractivity contribution in [1.82, 2.24) is 5.32 Å². The molecule has 0 radical (unpaired) electrons. The molecule has 17 heavy (non-hydrogen) atoms. The fourth-order valence-electron chi connectivity index (χ4n) is 2.39. The van der Waals surface area contributed by atoms with Crippen LogP contribution < -0.4 is 5.32 Å². The molecule has 0 saturated carbocycles. The van der Waals surface area contributed by atoms with Crippen LogP contribution in [0.25, 0.3) is 0 Å². The van der Waals surface area contributed by atoms with E-state index in [2.05, 4.69) is 39.9 Å². The summed E-state index contributed by atoms with van der Waals surface area (Å²) in [4.78, 5) is 0. The predicted molar refractivity (Wildman–Crippen MR) is 76.5 cm³/mol. The van der Waals surface area contributed by atoms with Crippen LogP contribution in [0.5, 0.6) is 0 Å². The highest BCUT2D eigenvalue weighted by Gasteiger charge is 2.21. The molecule has 0 aliphatic rings. The molecule has 0 heterocycles. The van der Waals surface area contributed by atoms with Crippen LogP contribution in [-0.2, 0) is 4.74 Å². The van der Waals surface area contributed by atoms with Crippen molar-refractivity contribution in [2.24, 2.45) is 0 Å². The summed E-state index contributed by atoms with van der Waals surface area (Å²) in [6.45, 7) is 11.1. The van der Waals surface area contributed by atoms with Crippen LogP contribution in [0.15, 0.2) is 0 Å². The van der Waals surface area contributed by atoms with Crippen molar-refractivity contribution >= 4 is 0 Å². The van der Waals surface area contributed by atoms with Gasteiger partial charge in [0.05, 0.1) is 5.60 Å². The SMILES string of the molecule is CCCCC(CCC)NC(C)CC(C)(C)OC. The van der Waals surface area contributed by atoms with Crippen molar-refractivity contribution in [1.29, 1.82) is 0 Å². The van der Waals surface area contributed by atoms with E-state index in [-0.39, 0.29) is 5.60 Å². The highest BCUT2D eigenvalue weighted by atomic mass is 16.5. The number of rotatable bonds is 10. The molecular weight excluding hydrogens is 210 g/mol. The van der Waals surface area contributed by atoms with Crippen molar-refractivity contribution in [2.45, 2.75) is 90.8 Å². The number of methoxy groups -OCH3 is 1.